The summed E-state index contributed by atoms with van der Waals surface area (Å²) in [6.45, 7) is 1.74. The van der Waals surface area contributed by atoms with E-state index in [0.29, 0.717) is 16.9 Å². The molecule has 6 heteroatoms. The number of hydrogen-bond donors (Lipinski definition) is 2. The first-order valence-electron chi connectivity index (χ1n) is 5.46. The van der Waals surface area contributed by atoms with Crippen molar-refractivity contribution in [1.29, 1.82) is 0 Å². The fourth-order valence-corrected chi connectivity index (χ4v) is 1.78. The highest BCUT2D eigenvalue weighted by Gasteiger charge is 2.09. The zero-order valence-electron chi connectivity index (χ0n) is 10.1. The number of anilines is 2. The number of aryl methyl sites for hydroxylation is 1. The number of aromatic nitrogens is 1. The van der Waals surface area contributed by atoms with E-state index in [9.17, 15) is 9.18 Å². The van der Waals surface area contributed by atoms with Gasteiger partial charge in [-0.15, -0.1) is 0 Å². The van der Waals surface area contributed by atoms with Gasteiger partial charge in [-0.1, -0.05) is 11.6 Å². The molecule has 0 bridgehead atoms. The third kappa shape index (κ3) is 3.20. The Morgan fingerprint density at radius 2 is 2.11 bits per heavy atom. The van der Waals surface area contributed by atoms with Gasteiger partial charge >= 0.3 is 0 Å². The lowest BCUT2D eigenvalue weighted by atomic mass is 10.2. The van der Waals surface area contributed by atoms with Gasteiger partial charge in [0.05, 0.1) is 5.02 Å². The molecule has 0 atom stereocenters. The summed E-state index contributed by atoms with van der Waals surface area (Å²) in [5.74, 6) is -0.633. The number of carbonyl (C=O) groups excluding carboxylic acids is 1. The van der Waals surface area contributed by atoms with Crippen LogP contribution in [0.4, 0.5) is 15.9 Å². The van der Waals surface area contributed by atoms with Crippen LogP contribution in [0.1, 0.15) is 16.1 Å². The Hall–Kier alpha value is -2.14. The van der Waals surface area contributed by atoms with Gasteiger partial charge in [-0.3, -0.25) is 4.79 Å². The van der Waals surface area contributed by atoms with E-state index >= 15 is 0 Å². The van der Waals surface area contributed by atoms with Crippen LogP contribution < -0.4 is 11.1 Å². The number of nitrogen functional groups attached to an aromatic ring is 1. The molecule has 0 aliphatic carbocycles. The zero-order valence-corrected chi connectivity index (χ0v) is 10.8. The van der Waals surface area contributed by atoms with Crippen LogP contribution in [-0.2, 0) is 0 Å². The molecule has 2 aromatic rings. The number of halogens is 2. The van der Waals surface area contributed by atoms with E-state index < -0.39 is 5.82 Å². The number of nitrogens with two attached hydrogens (primary N) is 1. The second kappa shape index (κ2) is 5.24. The molecule has 0 saturated heterocycles. The molecule has 4 nitrogen and oxygen atoms in total. The molecule has 98 valence electrons. The van der Waals surface area contributed by atoms with Crippen LogP contribution in [-0.4, -0.2) is 10.9 Å². The van der Waals surface area contributed by atoms with Crippen molar-refractivity contribution >= 4 is 29.0 Å². The first-order valence-corrected chi connectivity index (χ1v) is 5.84. The molecule has 0 aliphatic heterocycles. The lowest BCUT2D eigenvalue weighted by Crippen LogP contribution is -2.13. The molecule has 0 saturated carbocycles. The maximum atomic E-state index is 13.0. The van der Waals surface area contributed by atoms with Crippen LogP contribution in [0.15, 0.2) is 30.3 Å². The van der Waals surface area contributed by atoms with E-state index in [1.165, 1.54) is 24.3 Å². The highest BCUT2D eigenvalue weighted by atomic mass is 35.5. The van der Waals surface area contributed by atoms with E-state index in [1.807, 2.05) is 0 Å². The van der Waals surface area contributed by atoms with Crippen molar-refractivity contribution in [2.24, 2.45) is 0 Å². The molecule has 0 fully saturated rings. The van der Waals surface area contributed by atoms with E-state index in [1.54, 1.807) is 13.0 Å². The monoisotopic (exact) mass is 279 g/mol. The fourth-order valence-electron chi connectivity index (χ4n) is 1.60. The Balaban J connectivity index is 2.22. The normalized spacial score (nSPS) is 10.3. The molecule has 0 unspecified atom stereocenters. The molecule has 1 aromatic heterocycles. The van der Waals surface area contributed by atoms with Crippen LogP contribution in [0.25, 0.3) is 0 Å². The first kappa shape index (κ1) is 13.3. The van der Waals surface area contributed by atoms with Gasteiger partial charge < -0.3 is 11.1 Å². The number of carbonyl (C=O) groups is 1. The topological polar surface area (TPSA) is 68.0 Å². The second-order valence-electron chi connectivity index (χ2n) is 4.01. The van der Waals surface area contributed by atoms with Crippen LogP contribution in [0.2, 0.25) is 5.02 Å². The third-order valence-electron chi connectivity index (χ3n) is 2.41. The third-order valence-corrected chi connectivity index (χ3v) is 2.70. The molecular formula is C13H11ClFN3O. The van der Waals surface area contributed by atoms with Gasteiger partial charge in [0.25, 0.3) is 5.91 Å². The van der Waals surface area contributed by atoms with Gasteiger partial charge in [0.15, 0.2) is 0 Å². The average molecular weight is 280 g/mol. The Morgan fingerprint density at radius 3 is 2.74 bits per heavy atom. The van der Waals surface area contributed by atoms with Crippen molar-refractivity contribution in [3.63, 3.8) is 0 Å². The predicted octanol–water partition coefficient (Wildman–Crippen LogP) is 3.02. The van der Waals surface area contributed by atoms with Gasteiger partial charge in [0.2, 0.25) is 0 Å². The van der Waals surface area contributed by atoms with Crippen molar-refractivity contribution in [3.05, 3.63) is 52.4 Å². The van der Waals surface area contributed by atoms with Gasteiger partial charge in [-0.25, -0.2) is 9.37 Å². The predicted molar refractivity (Wildman–Crippen MR) is 72.7 cm³/mol. The number of rotatable bonds is 2. The minimum Gasteiger partial charge on any atom is -0.384 e. The molecule has 3 N–H and O–H groups in total. The maximum Gasteiger partial charge on any atom is 0.255 e. The highest BCUT2D eigenvalue weighted by Crippen LogP contribution is 2.20. The van der Waals surface area contributed by atoms with Gasteiger partial charge in [-0.2, -0.15) is 0 Å². The van der Waals surface area contributed by atoms with Crippen LogP contribution >= 0.6 is 11.6 Å². The van der Waals surface area contributed by atoms with Crippen LogP contribution in [0, 0.1) is 12.7 Å². The van der Waals surface area contributed by atoms with Gasteiger partial charge in [0, 0.05) is 16.9 Å². The number of nitrogens with one attached hydrogen (secondary N) is 1. The van der Waals surface area contributed by atoms with Crippen molar-refractivity contribution in [2.45, 2.75) is 6.92 Å². The van der Waals surface area contributed by atoms with E-state index in [0.717, 1.165) is 0 Å². The SMILES string of the molecule is Cc1cc(C(=O)Nc2ccc(F)c(Cl)c2)cc(N)n1. The molecule has 1 heterocycles. The summed E-state index contributed by atoms with van der Waals surface area (Å²) in [5.41, 5.74) is 7.00. The molecular weight excluding hydrogens is 269 g/mol. The van der Waals surface area contributed by atoms with Crippen LogP contribution in [0.5, 0.6) is 0 Å². The van der Waals surface area contributed by atoms with E-state index in [-0.39, 0.29) is 16.7 Å². The number of amides is 1. The molecule has 1 amide bonds. The lowest BCUT2D eigenvalue weighted by molar-refractivity contribution is 0.102. The van der Waals surface area contributed by atoms with Crippen LogP contribution in [0.3, 0.4) is 0 Å². The molecule has 19 heavy (non-hydrogen) atoms. The molecule has 1 aromatic carbocycles. The summed E-state index contributed by atoms with van der Waals surface area (Å²) in [7, 11) is 0. The molecule has 0 aliphatic rings. The second-order valence-corrected chi connectivity index (χ2v) is 4.41. The minimum absolute atomic E-state index is 0.0526. The minimum atomic E-state index is -0.538. The van der Waals surface area contributed by atoms with Crippen molar-refractivity contribution < 1.29 is 9.18 Å². The Morgan fingerprint density at radius 1 is 1.37 bits per heavy atom. The van der Waals surface area contributed by atoms with Crippen molar-refractivity contribution in [1.82, 2.24) is 4.98 Å². The lowest BCUT2D eigenvalue weighted by Gasteiger charge is -2.07. The van der Waals surface area contributed by atoms with Gasteiger partial charge in [0.1, 0.15) is 11.6 Å². The van der Waals surface area contributed by atoms with E-state index in [4.69, 9.17) is 17.3 Å². The van der Waals surface area contributed by atoms with E-state index in [2.05, 4.69) is 10.3 Å². The zero-order chi connectivity index (χ0) is 14.0. The maximum absolute atomic E-state index is 13.0. The first-order chi connectivity index (χ1) is 8.95. The standard InChI is InChI=1S/C13H11ClFN3O/c1-7-4-8(5-12(16)17-7)13(19)18-9-2-3-11(15)10(14)6-9/h2-6H,1H3,(H2,16,17)(H,18,19). The summed E-state index contributed by atoms with van der Waals surface area (Å²) in [5, 5.41) is 2.55. The largest absolute Gasteiger partial charge is 0.384 e. The summed E-state index contributed by atoms with van der Waals surface area (Å²) in [6.07, 6.45) is 0. The quantitative estimate of drug-likeness (QED) is 0.888. The average Bonchev–Trinajstić information content (AvgIpc) is 2.32. The number of hydrogen-bond acceptors (Lipinski definition) is 3. The smallest absolute Gasteiger partial charge is 0.255 e. The number of benzene rings is 1. The fraction of sp³-hybridized carbons (Fsp3) is 0.0769. The Bertz CT molecular complexity index is 626. The molecule has 0 spiro atoms. The summed E-state index contributed by atoms with van der Waals surface area (Å²) in [6, 6.07) is 7.02. The highest BCUT2D eigenvalue weighted by molar-refractivity contribution is 6.31. The summed E-state index contributed by atoms with van der Waals surface area (Å²) in [4.78, 5) is 16.0. The molecule has 2 rings (SSSR count). The molecule has 0 radical (unpaired) electrons. The summed E-state index contributed by atoms with van der Waals surface area (Å²) >= 11 is 5.64. The van der Waals surface area contributed by atoms with Gasteiger partial charge in [-0.05, 0) is 37.3 Å². The Kier molecular flexibility index (Phi) is 3.66. The van der Waals surface area contributed by atoms with Crippen molar-refractivity contribution in [2.75, 3.05) is 11.1 Å². The summed E-state index contributed by atoms with van der Waals surface area (Å²) < 4.78 is 13.0. The number of pyridine rings is 1. The Labute approximate surface area is 114 Å². The van der Waals surface area contributed by atoms with Crippen molar-refractivity contribution in [3.8, 4) is 0 Å². The number of nitrogens with zero attached hydrogens (tertiary/aromatic N) is 1.